The number of hydrogen-bond donors (Lipinski definition) is 0. The second-order valence-electron chi connectivity index (χ2n) is 6.60. The van der Waals surface area contributed by atoms with Crippen LogP contribution in [0.1, 0.15) is 24.1 Å². The van der Waals surface area contributed by atoms with Gasteiger partial charge < -0.3 is 4.42 Å². The predicted octanol–water partition coefficient (Wildman–Crippen LogP) is 5.25. The zero-order chi connectivity index (χ0) is 22.8. The number of imidazole rings is 1. The number of nitrogens with zero attached hydrogens (tertiary/aromatic N) is 5. The fourth-order valence-electron chi connectivity index (χ4n) is 2.94. The van der Waals surface area contributed by atoms with Gasteiger partial charge in [-0.2, -0.15) is 35.1 Å². The van der Waals surface area contributed by atoms with Crippen LogP contribution >= 0.6 is 0 Å². The van der Waals surface area contributed by atoms with E-state index in [2.05, 4.69) is 20.2 Å². The smallest absolute Gasteiger partial charge is 0.422 e. The van der Waals surface area contributed by atoms with E-state index >= 15 is 0 Å². The first kappa shape index (κ1) is 20.9. The highest BCUT2D eigenvalue weighted by Gasteiger charge is 2.59. The van der Waals surface area contributed by atoms with Crippen molar-refractivity contribution in [2.45, 2.75) is 31.1 Å². The molecule has 14 heteroatoms. The zero-order valence-corrected chi connectivity index (χ0v) is 15.1. The molecule has 0 fully saturated rings. The normalized spacial score (nSPS) is 14.5. The highest BCUT2D eigenvalue weighted by molar-refractivity contribution is 5.84. The Labute approximate surface area is 166 Å². The summed E-state index contributed by atoms with van der Waals surface area (Å²) in [6.07, 6.45) is -8.86. The molecule has 4 aromatic heterocycles. The summed E-state index contributed by atoms with van der Waals surface area (Å²) in [6, 6.07) is 2.14. The Bertz CT molecular complexity index is 1260. The van der Waals surface area contributed by atoms with Gasteiger partial charge in [-0.1, -0.05) is 0 Å². The third-order valence-electron chi connectivity index (χ3n) is 4.63. The SMILES string of the molecule is CC(c1cc(C(F)(F)C(F)(F)F)c2ccc3nc(-c4nnco4)cn3c2n1)C(F)(F)F. The molecular weight excluding hydrogens is 442 g/mol. The van der Waals surface area contributed by atoms with Gasteiger partial charge in [0.05, 0.1) is 11.6 Å². The predicted molar refractivity (Wildman–Crippen MR) is 88.2 cm³/mol. The van der Waals surface area contributed by atoms with E-state index in [-0.39, 0.29) is 23.3 Å². The van der Waals surface area contributed by atoms with Gasteiger partial charge in [0, 0.05) is 17.1 Å². The van der Waals surface area contributed by atoms with Gasteiger partial charge in [-0.3, -0.25) is 4.40 Å². The van der Waals surface area contributed by atoms with Crippen molar-refractivity contribution in [3.8, 4) is 11.6 Å². The molecule has 164 valence electrons. The molecule has 0 N–H and O–H groups in total. The topological polar surface area (TPSA) is 69.1 Å². The summed E-state index contributed by atoms with van der Waals surface area (Å²) in [5.74, 6) is -7.94. The van der Waals surface area contributed by atoms with Crippen molar-refractivity contribution >= 4 is 16.7 Å². The number of rotatable bonds is 3. The molecule has 4 rings (SSSR count). The first-order valence-electron chi connectivity index (χ1n) is 8.41. The van der Waals surface area contributed by atoms with E-state index < -0.39 is 46.5 Å². The second-order valence-corrected chi connectivity index (χ2v) is 6.60. The Morgan fingerprint density at radius 3 is 2.29 bits per heavy atom. The van der Waals surface area contributed by atoms with Crippen LogP contribution in [0.25, 0.3) is 28.3 Å². The van der Waals surface area contributed by atoms with Crippen LogP contribution in [0.5, 0.6) is 0 Å². The van der Waals surface area contributed by atoms with Crippen LogP contribution < -0.4 is 0 Å². The van der Waals surface area contributed by atoms with Crippen LogP contribution in [-0.4, -0.2) is 36.9 Å². The molecule has 0 saturated carbocycles. The standard InChI is InChI=1S/C17H9F8N5O/c1-7(16(20,21)22)10-4-9(15(18,19)17(23,24)25)8-2-3-12-27-11(14-29-26-6-31-14)5-30(12)13(8)28-10/h2-7H,1H3. The van der Waals surface area contributed by atoms with Gasteiger partial charge >= 0.3 is 18.3 Å². The summed E-state index contributed by atoms with van der Waals surface area (Å²) >= 11 is 0. The average Bonchev–Trinajstić information content (AvgIpc) is 3.33. The van der Waals surface area contributed by atoms with E-state index in [1.54, 1.807) is 0 Å². The first-order chi connectivity index (χ1) is 14.3. The summed E-state index contributed by atoms with van der Waals surface area (Å²) in [5.41, 5.74) is -3.19. The van der Waals surface area contributed by atoms with Gasteiger partial charge in [0.15, 0.2) is 0 Å². The fraction of sp³-hybridized carbons (Fsp3) is 0.294. The van der Waals surface area contributed by atoms with Crippen LogP contribution in [0.4, 0.5) is 35.1 Å². The molecule has 0 aliphatic rings. The lowest BCUT2D eigenvalue weighted by molar-refractivity contribution is -0.288. The van der Waals surface area contributed by atoms with Gasteiger partial charge in [0.2, 0.25) is 6.39 Å². The monoisotopic (exact) mass is 451 g/mol. The van der Waals surface area contributed by atoms with E-state index in [9.17, 15) is 35.1 Å². The molecule has 0 radical (unpaired) electrons. The molecule has 1 atom stereocenters. The summed E-state index contributed by atoms with van der Waals surface area (Å²) < 4.78 is 113. The van der Waals surface area contributed by atoms with E-state index in [4.69, 9.17) is 4.42 Å². The highest BCUT2D eigenvalue weighted by atomic mass is 19.4. The number of halogens is 8. The lowest BCUT2D eigenvalue weighted by atomic mass is 9.98. The lowest BCUT2D eigenvalue weighted by Gasteiger charge is -2.23. The van der Waals surface area contributed by atoms with Crippen molar-refractivity contribution < 1.29 is 39.5 Å². The van der Waals surface area contributed by atoms with Crippen LogP contribution in [0.3, 0.4) is 0 Å². The van der Waals surface area contributed by atoms with Crippen molar-refractivity contribution in [1.82, 2.24) is 24.6 Å². The summed E-state index contributed by atoms with van der Waals surface area (Å²) in [5, 5.41) is 6.34. The lowest BCUT2D eigenvalue weighted by Crippen LogP contribution is -2.34. The van der Waals surface area contributed by atoms with E-state index in [0.29, 0.717) is 6.92 Å². The summed E-state index contributed by atoms with van der Waals surface area (Å²) in [6.45, 7) is 0.613. The second kappa shape index (κ2) is 6.59. The molecule has 4 heterocycles. The quantitative estimate of drug-likeness (QED) is 0.398. The minimum absolute atomic E-state index is 0.00582. The molecule has 0 aromatic carbocycles. The van der Waals surface area contributed by atoms with Crippen molar-refractivity contribution in [2.75, 3.05) is 0 Å². The molecule has 0 aliphatic heterocycles. The van der Waals surface area contributed by atoms with Crippen LogP contribution in [0.2, 0.25) is 0 Å². The van der Waals surface area contributed by atoms with Crippen molar-refractivity contribution in [2.24, 2.45) is 0 Å². The number of pyridine rings is 2. The molecule has 0 spiro atoms. The van der Waals surface area contributed by atoms with Gasteiger partial charge in [-0.15, -0.1) is 10.2 Å². The first-order valence-corrected chi connectivity index (χ1v) is 8.41. The van der Waals surface area contributed by atoms with Gasteiger partial charge in [0.25, 0.3) is 5.89 Å². The molecule has 4 aromatic rings. The Kier molecular flexibility index (Phi) is 4.45. The molecule has 0 aliphatic carbocycles. The van der Waals surface area contributed by atoms with Crippen molar-refractivity contribution in [3.05, 3.63) is 42.0 Å². The third kappa shape index (κ3) is 3.35. The van der Waals surface area contributed by atoms with Gasteiger partial charge in [0.1, 0.15) is 17.0 Å². The fourth-order valence-corrected chi connectivity index (χ4v) is 2.94. The van der Waals surface area contributed by atoms with Crippen LogP contribution in [0, 0.1) is 0 Å². The molecule has 0 amide bonds. The van der Waals surface area contributed by atoms with Crippen LogP contribution in [0.15, 0.2) is 35.2 Å². The Morgan fingerprint density at radius 1 is 1.00 bits per heavy atom. The number of alkyl halides is 8. The summed E-state index contributed by atoms with van der Waals surface area (Å²) in [7, 11) is 0. The Balaban J connectivity index is 2.07. The van der Waals surface area contributed by atoms with Gasteiger partial charge in [-0.05, 0) is 25.1 Å². The number of fused-ring (bicyclic) bond motifs is 3. The third-order valence-corrected chi connectivity index (χ3v) is 4.63. The summed E-state index contributed by atoms with van der Waals surface area (Å²) in [4.78, 5) is 7.82. The van der Waals surface area contributed by atoms with Gasteiger partial charge in [-0.25, -0.2) is 9.97 Å². The van der Waals surface area contributed by atoms with E-state index in [1.165, 1.54) is 0 Å². The zero-order valence-electron chi connectivity index (χ0n) is 15.1. The largest absolute Gasteiger partial charge is 0.458 e. The van der Waals surface area contributed by atoms with Crippen LogP contribution in [-0.2, 0) is 5.92 Å². The molecule has 6 nitrogen and oxygen atoms in total. The Morgan fingerprint density at radius 2 is 1.71 bits per heavy atom. The minimum Gasteiger partial charge on any atom is -0.422 e. The Hall–Kier alpha value is -3.32. The molecule has 31 heavy (non-hydrogen) atoms. The molecular formula is C17H9F8N5O. The minimum atomic E-state index is -6.04. The van der Waals surface area contributed by atoms with E-state index in [0.717, 1.165) is 29.1 Å². The highest BCUT2D eigenvalue weighted by Crippen LogP contribution is 2.47. The number of hydrogen-bond acceptors (Lipinski definition) is 5. The molecule has 0 saturated heterocycles. The number of aromatic nitrogens is 5. The average molecular weight is 451 g/mol. The molecule has 0 bridgehead atoms. The maximum absolute atomic E-state index is 14.3. The van der Waals surface area contributed by atoms with Crippen molar-refractivity contribution in [1.29, 1.82) is 0 Å². The maximum atomic E-state index is 14.3. The maximum Gasteiger partial charge on any atom is 0.458 e. The molecule has 1 unspecified atom stereocenters. The van der Waals surface area contributed by atoms with Crippen molar-refractivity contribution in [3.63, 3.8) is 0 Å². The van der Waals surface area contributed by atoms with E-state index in [1.807, 2.05) is 0 Å².